The number of fused-ring (bicyclic) bond motifs is 5. The van der Waals surface area contributed by atoms with Crippen LogP contribution in [0.15, 0.2) is 29.8 Å². The van der Waals surface area contributed by atoms with Gasteiger partial charge in [-0.1, -0.05) is 25.5 Å². The molecule has 47 heavy (non-hydrogen) atoms. The second-order valence-corrected chi connectivity index (χ2v) is 15.3. The molecule has 0 bridgehead atoms. The molecule has 10 heteroatoms. The number of rotatable bonds is 8. The maximum atomic E-state index is 13.5. The van der Waals surface area contributed by atoms with E-state index in [1.54, 1.807) is 21.1 Å². The Kier molecular flexibility index (Phi) is 9.57. The van der Waals surface area contributed by atoms with Crippen molar-refractivity contribution in [3.05, 3.63) is 35.4 Å². The molecule has 8 unspecified atom stereocenters. The minimum absolute atomic E-state index is 0.00930. The molecule has 4 fully saturated rings. The van der Waals surface area contributed by atoms with Gasteiger partial charge in [0.25, 0.3) is 0 Å². The lowest BCUT2D eigenvalue weighted by Crippen LogP contribution is -2.65. The summed E-state index contributed by atoms with van der Waals surface area (Å²) in [6.45, 7) is 7.41. The van der Waals surface area contributed by atoms with Gasteiger partial charge < -0.3 is 39.6 Å². The third kappa shape index (κ3) is 5.82. The van der Waals surface area contributed by atoms with Crippen molar-refractivity contribution in [3.63, 3.8) is 0 Å². The van der Waals surface area contributed by atoms with Crippen LogP contribution in [0.2, 0.25) is 0 Å². The van der Waals surface area contributed by atoms with Crippen LogP contribution in [0.5, 0.6) is 11.5 Å². The lowest BCUT2D eigenvalue weighted by Gasteiger charge is -2.58. The SMILES string of the molecule is COc1ccc(OC)c(C2CC3C4CC=C5CC(O[C@@H]6O[C@H](CO)[C@@H](O)[C@H](O)[C@H]6NC(C)=O)CCC5(C)C4CCC3(C)C2C(C)=O)c1. The Bertz CT molecular complexity index is 1380. The molecule has 260 valence electrons. The van der Waals surface area contributed by atoms with Gasteiger partial charge in [0.05, 0.1) is 26.9 Å². The van der Waals surface area contributed by atoms with Crippen molar-refractivity contribution < 1.29 is 43.9 Å². The molecule has 6 rings (SSSR count). The summed E-state index contributed by atoms with van der Waals surface area (Å²) in [5.74, 6) is 2.82. The van der Waals surface area contributed by atoms with Crippen molar-refractivity contribution >= 4 is 11.7 Å². The van der Waals surface area contributed by atoms with E-state index in [0.717, 1.165) is 62.0 Å². The van der Waals surface area contributed by atoms with Gasteiger partial charge in [-0.15, -0.1) is 0 Å². The van der Waals surface area contributed by atoms with Gasteiger partial charge in [0.2, 0.25) is 5.91 Å². The molecular formula is C37H53NO9. The molecule has 1 aliphatic heterocycles. The van der Waals surface area contributed by atoms with Crippen LogP contribution in [0.25, 0.3) is 0 Å². The van der Waals surface area contributed by atoms with Crippen LogP contribution < -0.4 is 14.8 Å². The Balaban J connectivity index is 1.24. The number of amides is 1. The number of ketones is 1. The first-order chi connectivity index (χ1) is 22.4. The van der Waals surface area contributed by atoms with E-state index in [0.29, 0.717) is 17.8 Å². The number of aliphatic hydroxyl groups is 3. The molecule has 4 N–H and O–H groups in total. The minimum Gasteiger partial charge on any atom is -0.497 e. The van der Waals surface area contributed by atoms with Gasteiger partial charge in [-0.25, -0.2) is 0 Å². The zero-order valence-corrected chi connectivity index (χ0v) is 28.6. The smallest absolute Gasteiger partial charge is 0.217 e. The molecule has 1 saturated heterocycles. The first-order valence-electron chi connectivity index (χ1n) is 17.3. The summed E-state index contributed by atoms with van der Waals surface area (Å²) in [6, 6.07) is 4.98. The number of hydrogen-bond donors (Lipinski definition) is 4. The van der Waals surface area contributed by atoms with Gasteiger partial charge in [0.15, 0.2) is 6.29 Å². The number of ether oxygens (including phenoxy) is 4. The third-order valence-corrected chi connectivity index (χ3v) is 13.0. The largest absolute Gasteiger partial charge is 0.497 e. The normalized spacial score (nSPS) is 42.7. The van der Waals surface area contributed by atoms with Crippen LogP contribution in [0.1, 0.15) is 84.1 Å². The number of carbonyl (C=O) groups excluding carboxylic acids is 2. The summed E-state index contributed by atoms with van der Waals surface area (Å²) >= 11 is 0. The van der Waals surface area contributed by atoms with Gasteiger partial charge in [-0.3, -0.25) is 9.59 Å². The fourth-order valence-electron chi connectivity index (χ4n) is 10.8. The van der Waals surface area contributed by atoms with E-state index in [9.17, 15) is 24.9 Å². The highest BCUT2D eigenvalue weighted by molar-refractivity contribution is 5.81. The van der Waals surface area contributed by atoms with E-state index >= 15 is 0 Å². The van der Waals surface area contributed by atoms with Crippen molar-refractivity contribution in [1.82, 2.24) is 5.32 Å². The molecular weight excluding hydrogens is 602 g/mol. The van der Waals surface area contributed by atoms with Crippen LogP contribution in [0, 0.1) is 34.5 Å². The first kappa shape index (κ1) is 34.4. The van der Waals surface area contributed by atoms with E-state index in [-0.39, 0.29) is 40.5 Å². The van der Waals surface area contributed by atoms with Crippen molar-refractivity contribution in [3.8, 4) is 11.5 Å². The molecule has 1 amide bonds. The highest BCUT2D eigenvalue weighted by Crippen LogP contribution is 2.69. The number of nitrogens with one attached hydrogen (secondary N) is 1. The Morgan fingerprint density at radius 2 is 1.81 bits per heavy atom. The monoisotopic (exact) mass is 655 g/mol. The summed E-state index contributed by atoms with van der Waals surface area (Å²) in [4.78, 5) is 25.4. The van der Waals surface area contributed by atoms with Gasteiger partial charge in [-0.2, -0.15) is 0 Å². The van der Waals surface area contributed by atoms with Gasteiger partial charge >= 0.3 is 0 Å². The summed E-state index contributed by atoms with van der Waals surface area (Å²) < 4.78 is 23.7. The average Bonchev–Trinajstić information content (AvgIpc) is 3.37. The molecule has 1 heterocycles. The predicted molar refractivity (Wildman–Crippen MR) is 174 cm³/mol. The van der Waals surface area contributed by atoms with Crippen molar-refractivity contribution in [1.29, 1.82) is 0 Å². The molecule has 1 aromatic carbocycles. The fraction of sp³-hybridized carbons (Fsp3) is 0.730. The minimum atomic E-state index is -1.34. The molecule has 0 aromatic heterocycles. The zero-order chi connectivity index (χ0) is 33.8. The summed E-state index contributed by atoms with van der Waals surface area (Å²) in [5.41, 5.74) is 2.37. The lowest BCUT2D eigenvalue weighted by molar-refractivity contribution is -0.284. The highest BCUT2D eigenvalue weighted by atomic mass is 16.7. The van der Waals surface area contributed by atoms with Crippen LogP contribution in [0.4, 0.5) is 0 Å². The maximum Gasteiger partial charge on any atom is 0.217 e. The molecule has 4 aliphatic carbocycles. The van der Waals surface area contributed by atoms with E-state index in [1.807, 2.05) is 12.1 Å². The Hall–Kier alpha value is -2.50. The number of allylic oxidation sites excluding steroid dienone is 1. The Labute approximate surface area is 278 Å². The quantitative estimate of drug-likeness (QED) is 0.307. The van der Waals surface area contributed by atoms with Crippen molar-refractivity contribution in [2.45, 2.75) is 115 Å². The predicted octanol–water partition coefficient (Wildman–Crippen LogP) is 3.89. The lowest BCUT2D eigenvalue weighted by atomic mass is 9.47. The number of Topliss-reactive ketones (excluding diaryl/α,β-unsaturated/α-hetero) is 1. The van der Waals surface area contributed by atoms with E-state index in [2.05, 4.69) is 31.3 Å². The summed E-state index contributed by atoms with van der Waals surface area (Å²) in [6.07, 6.45) is 3.97. The standard InChI is InChI=1S/C37H53NO9/c1-19(40)31-26(25-16-22(44-5)8-10-29(25)45-6)17-28-24-9-7-21-15-23(11-13-36(21,3)27(24)12-14-37(28,31)4)46-35-32(38-20(2)41)34(43)33(42)30(18-39)47-35/h7-8,10,16,23-24,26-28,30-35,39,42-43H,9,11-15,17-18H2,1-6H3,(H,38,41)/t23?,24?,26?,27?,28?,30-,31?,32-,33-,34-,35-,36?,37?/m1/s1. The fourth-order valence-corrected chi connectivity index (χ4v) is 10.8. The van der Waals surface area contributed by atoms with Crippen LogP contribution in [0.3, 0.4) is 0 Å². The van der Waals surface area contributed by atoms with Crippen molar-refractivity contribution in [2.24, 2.45) is 34.5 Å². The summed E-state index contributed by atoms with van der Waals surface area (Å²) in [7, 11) is 3.36. The molecule has 13 atom stereocenters. The molecule has 5 aliphatic rings. The highest BCUT2D eigenvalue weighted by Gasteiger charge is 2.62. The molecule has 3 saturated carbocycles. The topological polar surface area (TPSA) is 144 Å². The molecule has 0 radical (unpaired) electrons. The maximum absolute atomic E-state index is 13.5. The average molecular weight is 656 g/mol. The van der Waals surface area contributed by atoms with Crippen LogP contribution in [-0.2, 0) is 19.1 Å². The van der Waals surface area contributed by atoms with E-state index in [4.69, 9.17) is 18.9 Å². The van der Waals surface area contributed by atoms with Gasteiger partial charge in [0, 0.05) is 18.4 Å². The number of methoxy groups -OCH3 is 2. The van der Waals surface area contributed by atoms with Gasteiger partial charge in [-0.05, 0) is 105 Å². The van der Waals surface area contributed by atoms with Crippen LogP contribution in [-0.4, -0.2) is 84.6 Å². The van der Waals surface area contributed by atoms with E-state index in [1.165, 1.54) is 12.5 Å². The first-order valence-corrected chi connectivity index (χ1v) is 17.3. The van der Waals surface area contributed by atoms with Crippen molar-refractivity contribution in [2.75, 3.05) is 20.8 Å². The second-order valence-electron chi connectivity index (χ2n) is 15.3. The molecule has 1 aromatic rings. The number of benzene rings is 1. The van der Waals surface area contributed by atoms with Gasteiger partial charge in [0.1, 0.15) is 41.6 Å². The molecule has 0 spiro atoms. The Morgan fingerprint density at radius 3 is 2.47 bits per heavy atom. The van der Waals surface area contributed by atoms with Crippen LogP contribution >= 0.6 is 0 Å². The second kappa shape index (κ2) is 13.1. The zero-order valence-electron chi connectivity index (χ0n) is 28.6. The number of carbonyl (C=O) groups is 2. The Morgan fingerprint density at radius 1 is 1.04 bits per heavy atom. The third-order valence-electron chi connectivity index (χ3n) is 13.0. The van der Waals surface area contributed by atoms with E-state index < -0.39 is 37.3 Å². The number of hydrogen-bond acceptors (Lipinski definition) is 9. The molecule has 10 nitrogen and oxygen atoms in total. The number of aliphatic hydroxyl groups excluding tert-OH is 3. The summed E-state index contributed by atoms with van der Waals surface area (Å²) in [5, 5.41) is 33.6.